The summed E-state index contributed by atoms with van der Waals surface area (Å²) in [6.07, 6.45) is 0.666. The van der Waals surface area contributed by atoms with Crippen molar-refractivity contribution in [3.05, 3.63) is 319 Å². The fraction of sp³-hybridized carbons (Fsp3) is 0.366. The molecule has 12 aromatic rings. The van der Waals surface area contributed by atoms with Gasteiger partial charge in [-0.2, -0.15) is 0 Å². The number of phenols is 6. The van der Waals surface area contributed by atoms with Crippen LogP contribution in [0.1, 0.15) is 287 Å². The van der Waals surface area contributed by atoms with Gasteiger partial charge in [0.05, 0.1) is 38.5 Å². The molecule has 0 saturated heterocycles. The Bertz CT molecular complexity index is 6080. The molecule has 26 heteroatoms. The summed E-state index contributed by atoms with van der Waals surface area (Å²) in [7, 11) is -4.33. The normalized spacial score (nSPS) is 12.2. The maximum Gasteiger partial charge on any atom is 0.530 e. The maximum atomic E-state index is 13.5. The molecule has 0 saturated carbocycles. The lowest BCUT2D eigenvalue weighted by Crippen LogP contribution is -2.20. The Morgan fingerprint density at radius 3 is 0.430 bits per heavy atom. The summed E-state index contributed by atoms with van der Waals surface area (Å²) in [6, 6.07) is 63.6. The van der Waals surface area contributed by atoms with E-state index in [9.17, 15) is 59.4 Å². The quantitative estimate of drug-likeness (QED) is 0.0186. The number of amides is 6. The molecular weight excluding hydrogens is 1910 g/mol. The SMILES string of the molecule is CC(C)(C)c1cc(CC(=O)Nc2ccc(OP(Oc3ccc(NC(=O)Cc4cc(C(C)(C)C)c(O)c(C(C)(C)C)c4)cc3)Oc3ccc(NC(=O)Cc4cc(C(C)(C)C)c(O)c(C(C)(C)C)c4)cc3)cc2)cc(C(C)(C)C)c1O.Cc1cc(CC(=O)Nc2ccc(OP(Oc3ccc(NC(=O)Cc4cc(C)c(O)c(C(C)(C)C)c4)cc3)Oc3ccc(NC(=O)Cc4cc(C)c(O)c(C(C)(C)C)c4)cc3)cc2)cc(C(C)(C)C)c1O. The molecule has 0 heterocycles. The average Bonchev–Trinajstić information content (AvgIpc) is 0.776. The van der Waals surface area contributed by atoms with Crippen LogP contribution in [0.4, 0.5) is 34.1 Å². The van der Waals surface area contributed by atoms with Gasteiger partial charge in [0.15, 0.2) is 0 Å². The molecule has 0 atom stereocenters. The minimum atomic E-state index is -2.18. The first-order chi connectivity index (χ1) is 69.1. The summed E-state index contributed by atoms with van der Waals surface area (Å²) in [6.45, 7) is 60.3. The van der Waals surface area contributed by atoms with E-state index in [1.807, 2.05) is 281 Å². The third kappa shape index (κ3) is 32.5. The van der Waals surface area contributed by atoms with Crippen LogP contribution in [0.2, 0.25) is 0 Å². The van der Waals surface area contributed by atoms with Gasteiger partial charge in [0, 0.05) is 34.1 Å². The highest BCUT2D eigenvalue weighted by Crippen LogP contribution is 2.50. The number of nitrogens with one attached hydrogen (secondary N) is 6. The Morgan fingerprint density at radius 2 is 0.309 bits per heavy atom. The zero-order chi connectivity index (χ0) is 110. The number of hydrogen-bond acceptors (Lipinski definition) is 18. The molecule has 0 aliphatic rings. The maximum absolute atomic E-state index is 13.5. The number of aryl methyl sites for hydroxylation is 3. The van der Waals surface area contributed by atoms with Gasteiger partial charge in [-0.05, 0) is 315 Å². The first-order valence-electron chi connectivity index (χ1n) is 50.2. The number of aromatic hydroxyl groups is 6. The van der Waals surface area contributed by atoms with Crippen LogP contribution in [0.25, 0.3) is 0 Å². The zero-order valence-electron chi connectivity index (χ0n) is 92.0. The minimum Gasteiger partial charge on any atom is -0.507 e. The van der Waals surface area contributed by atoms with Crippen LogP contribution in [0.3, 0.4) is 0 Å². The van der Waals surface area contributed by atoms with Crippen LogP contribution in [0, 0.1) is 20.8 Å². The van der Waals surface area contributed by atoms with E-state index in [1.54, 1.807) is 146 Å². The highest BCUT2D eigenvalue weighted by Gasteiger charge is 2.34. The Balaban J connectivity index is 0.000000285. The van der Waals surface area contributed by atoms with Crippen molar-refractivity contribution >= 4 is 86.8 Å². The number of phenolic OH excluding ortho intramolecular Hbond substituents is 6. The van der Waals surface area contributed by atoms with Gasteiger partial charge in [0.25, 0.3) is 0 Å². The van der Waals surface area contributed by atoms with Crippen LogP contribution >= 0.6 is 17.2 Å². The van der Waals surface area contributed by atoms with Crippen molar-refractivity contribution in [3.8, 4) is 69.0 Å². The molecule has 12 N–H and O–H groups in total. The van der Waals surface area contributed by atoms with E-state index in [4.69, 9.17) is 27.1 Å². The largest absolute Gasteiger partial charge is 0.530 e. The lowest BCUT2D eigenvalue weighted by molar-refractivity contribution is -0.116. The van der Waals surface area contributed by atoms with Gasteiger partial charge in [0.1, 0.15) is 69.0 Å². The molecule has 0 bridgehead atoms. The molecule has 0 aliphatic heterocycles. The molecule has 0 radical (unpaired) electrons. The Labute approximate surface area is 882 Å². The molecule has 6 amide bonds. The molecule has 12 aromatic carbocycles. The molecule has 0 aromatic heterocycles. The minimum absolute atomic E-state index is 0.104. The monoisotopic (exact) mass is 2060 g/mol. The smallest absolute Gasteiger partial charge is 0.507 e. The second-order valence-electron chi connectivity index (χ2n) is 47.8. The standard InChI is InChI=1S/C66H84N3O9P.C57H66N3O9P/c1-61(2,3)49-31-40(32-50(58(49)73)62(4,5)6)37-55(70)67-43-19-25-46(26-20-43)76-79(77-47-27-21-44(22-28-47)68-56(71)38-41-33-51(63(7,8)9)59(74)52(34-41)64(10,11)12)78-48-29-23-45(24-30-48)69-57(72)39-42-35-53(65(13,14)15)60(75)54(36-42)66(16,17)18;1-34-25-37(28-46(52(34)64)55(4,5)6)31-49(61)58-40-13-19-43(20-14-40)67-70(68-44-21-15-41(16-22-44)59-50(62)32-38-26-35(2)53(65)47(29-38)56(7,8)9)69-45-23-17-42(18-24-45)60-51(63)33-39-27-36(3)54(66)48(30-39)57(10,11)12/h19-36,73-75H,37-39H2,1-18H3,(H,67,70)(H,68,71)(H,69,72);13-30,64-66H,31-33H2,1-12H3,(H,58,61)(H,59,62)(H,60,63). The van der Waals surface area contributed by atoms with Gasteiger partial charge in [-0.25, -0.2) is 0 Å². The van der Waals surface area contributed by atoms with Gasteiger partial charge in [-0.3, -0.25) is 28.8 Å². The zero-order valence-corrected chi connectivity index (χ0v) is 93.8. The third-order valence-electron chi connectivity index (χ3n) is 25.0. The number of hydrogen-bond donors (Lipinski definition) is 12. The second-order valence-corrected chi connectivity index (χ2v) is 49.8. The van der Waals surface area contributed by atoms with Crippen LogP contribution in [0.5, 0.6) is 69.0 Å². The van der Waals surface area contributed by atoms with E-state index < -0.39 is 17.2 Å². The van der Waals surface area contributed by atoms with Crippen molar-refractivity contribution in [2.45, 2.75) is 295 Å². The van der Waals surface area contributed by atoms with Gasteiger partial charge >= 0.3 is 17.2 Å². The average molecular weight is 2060 g/mol. The molecule has 790 valence electrons. The fourth-order valence-electron chi connectivity index (χ4n) is 17.0. The van der Waals surface area contributed by atoms with Crippen LogP contribution in [-0.4, -0.2) is 66.1 Å². The number of rotatable bonds is 30. The highest BCUT2D eigenvalue weighted by molar-refractivity contribution is 7.43. The lowest BCUT2D eigenvalue weighted by atomic mass is 9.78. The summed E-state index contributed by atoms with van der Waals surface area (Å²) < 4.78 is 37.9. The molecule has 149 heavy (non-hydrogen) atoms. The Kier molecular flexibility index (Phi) is 35.8. The molecule has 0 unspecified atom stereocenters. The van der Waals surface area contributed by atoms with E-state index in [0.717, 1.165) is 83.5 Å². The fourth-order valence-corrected chi connectivity index (χ4v) is 19.0. The molecule has 0 spiro atoms. The van der Waals surface area contributed by atoms with E-state index in [-0.39, 0.29) is 157 Å². The third-order valence-corrected chi connectivity index (χ3v) is 27.1. The first kappa shape index (κ1) is 115. The Hall–Kier alpha value is -14.1. The van der Waals surface area contributed by atoms with Gasteiger partial charge in [0.2, 0.25) is 35.4 Å². The van der Waals surface area contributed by atoms with Crippen molar-refractivity contribution in [3.63, 3.8) is 0 Å². The number of anilines is 6. The second kappa shape index (κ2) is 46.4. The summed E-state index contributed by atoms with van der Waals surface area (Å²) in [5.41, 5.74) is 14.3. The van der Waals surface area contributed by atoms with Crippen molar-refractivity contribution in [2.75, 3.05) is 31.9 Å². The highest BCUT2D eigenvalue weighted by atomic mass is 31.2. The predicted octanol–water partition coefficient (Wildman–Crippen LogP) is 28.8. The van der Waals surface area contributed by atoms with E-state index in [1.165, 1.54) is 0 Å². The summed E-state index contributed by atoms with van der Waals surface area (Å²) in [4.78, 5) is 80.0. The van der Waals surface area contributed by atoms with Crippen molar-refractivity contribution < 1.29 is 86.5 Å². The lowest BCUT2D eigenvalue weighted by Gasteiger charge is -2.28. The predicted molar refractivity (Wildman–Crippen MR) is 601 cm³/mol. The van der Waals surface area contributed by atoms with E-state index in [0.29, 0.717) is 85.3 Å². The van der Waals surface area contributed by atoms with Gasteiger partial charge in [-0.15, -0.1) is 0 Å². The molecular formula is C123H150N6O18P2. The number of benzene rings is 12. The van der Waals surface area contributed by atoms with Crippen LogP contribution in [-0.2, 0) is 116 Å². The topological polar surface area (TPSA) is 351 Å². The number of carbonyl (C=O) groups excluding carboxylic acids is 6. The van der Waals surface area contributed by atoms with Crippen molar-refractivity contribution in [1.29, 1.82) is 0 Å². The summed E-state index contributed by atoms with van der Waals surface area (Å²) in [5.74, 6) is 2.57. The Morgan fingerprint density at radius 1 is 0.195 bits per heavy atom. The first-order valence-corrected chi connectivity index (χ1v) is 52.4. The summed E-state index contributed by atoms with van der Waals surface area (Å²) >= 11 is 0. The van der Waals surface area contributed by atoms with Crippen LogP contribution in [0.15, 0.2) is 218 Å². The van der Waals surface area contributed by atoms with Gasteiger partial charge in [-0.1, -0.05) is 260 Å². The van der Waals surface area contributed by atoms with E-state index in [2.05, 4.69) is 31.9 Å². The van der Waals surface area contributed by atoms with Crippen molar-refractivity contribution in [2.24, 2.45) is 0 Å². The molecule has 0 fully saturated rings. The molecule has 12 rings (SSSR count). The summed E-state index contributed by atoms with van der Waals surface area (Å²) in [5, 5.41) is 83.4. The molecule has 24 nitrogen and oxygen atoms in total. The van der Waals surface area contributed by atoms with Gasteiger partial charge < -0.3 is 89.7 Å². The number of carbonyl (C=O) groups is 6. The van der Waals surface area contributed by atoms with Crippen molar-refractivity contribution in [1.82, 2.24) is 0 Å². The van der Waals surface area contributed by atoms with E-state index >= 15 is 0 Å². The van der Waals surface area contributed by atoms with Crippen LogP contribution < -0.4 is 59.0 Å². The molecule has 0 aliphatic carbocycles.